The second-order valence-corrected chi connectivity index (χ2v) is 6.14. The van der Waals surface area contributed by atoms with Crippen LogP contribution in [0.1, 0.15) is 19.4 Å². The monoisotopic (exact) mass is 326 g/mol. The Morgan fingerprint density at radius 3 is 2.95 bits per heavy atom. The smallest absolute Gasteiger partial charge is 0.234 e. The summed E-state index contributed by atoms with van der Waals surface area (Å²) >= 11 is 3.45. The van der Waals surface area contributed by atoms with Gasteiger partial charge in [0.25, 0.3) is 0 Å². The number of nitrogens with one attached hydrogen (secondary N) is 1. The minimum absolute atomic E-state index is 0.0601. The first-order valence-electron chi connectivity index (χ1n) is 6.45. The van der Waals surface area contributed by atoms with Crippen LogP contribution in [-0.2, 0) is 11.2 Å². The number of benzene rings is 1. The van der Waals surface area contributed by atoms with Gasteiger partial charge in [-0.05, 0) is 29.7 Å². The molecule has 104 valence electrons. The van der Waals surface area contributed by atoms with Gasteiger partial charge in [0.05, 0.1) is 6.04 Å². The standard InChI is InChI=1S/C14H19BrN2O2/c1-8(2)13(14(16)18)17-7-11-6-9-5-10(15)3-4-12(9)19-11/h3-5,8,11,13,17H,6-7H2,1-2H3,(H2,16,18). The number of primary amides is 1. The Morgan fingerprint density at radius 1 is 1.58 bits per heavy atom. The number of carbonyl (C=O) groups excluding carboxylic acids is 1. The normalized spacial score (nSPS) is 19.1. The molecular formula is C14H19BrN2O2. The van der Waals surface area contributed by atoms with Crippen LogP contribution in [0.25, 0.3) is 0 Å². The van der Waals surface area contributed by atoms with Crippen LogP contribution >= 0.6 is 15.9 Å². The second kappa shape index (κ2) is 5.92. The summed E-state index contributed by atoms with van der Waals surface area (Å²) in [6, 6.07) is 5.70. The van der Waals surface area contributed by atoms with Gasteiger partial charge in [-0.3, -0.25) is 4.79 Å². The molecule has 0 saturated carbocycles. The highest BCUT2D eigenvalue weighted by atomic mass is 79.9. The molecule has 5 heteroatoms. The lowest BCUT2D eigenvalue weighted by atomic mass is 10.0. The summed E-state index contributed by atoms with van der Waals surface area (Å²) in [6.07, 6.45) is 0.913. The van der Waals surface area contributed by atoms with Gasteiger partial charge in [0, 0.05) is 17.4 Å². The molecular weight excluding hydrogens is 308 g/mol. The average Bonchev–Trinajstić information content (AvgIpc) is 2.70. The van der Waals surface area contributed by atoms with Crippen molar-refractivity contribution in [3.63, 3.8) is 0 Å². The molecule has 3 N–H and O–H groups in total. The predicted octanol–water partition coefficient (Wildman–Crippen LogP) is 1.85. The molecule has 2 atom stereocenters. The lowest BCUT2D eigenvalue weighted by molar-refractivity contribution is -0.121. The van der Waals surface area contributed by atoms with E-state index in [4.69, 9.17) is 10.5 Å². The Morgan fingerprint density at radius 2 is 2.32 bits per heavy atom. The van der Waals surface area contributed by atoms with Crippen LogP contribution in [0.5, 0.6) is 5.75 Å². The molecule has 0 aliphatic carbocycles. The van der Waals surface area contributed by atoms with E-state index in [1.807, 2.05) is 26.0 Å². The molecule has 0 bridgehead atoms. The highest BCUT2D eigenvalue weighted by Gasteiger charge is 2.25. The van der Waals surface area contributed by atoms with Gasteiger partial charge in [0.2, 0.25) is 5.91 Å². The molecule has 4 nitrogen and oxygen atoms in total. The fourth-order valence-corrected chi connectivity index (χ4v) is 2.73. The number of hydrogen-bond donors (Lipinski definition) is 2. The lowest BCUT2D eigenvalue weighted by Gasteiger charge is -2.21. The molecule has 1 aromatic rings. The summed E-state index contributed by atoms with van der Waals surface area (Å²) in [5.74, 6) is 0.791. The van der Waals surface area contributed by atoms with Gasteiger partial charge in [0.15, 0.2) is 0 Å². The summed E-state index contributed by atoms with van der Waals surface area (Å²) in [5, 5.41) is 3.20. The zero-order valence-electron chi connectivity index (χ0n) is 11.2. The number of halogens is 1. The van der Waals surface area contributed by atoms with E-state index in [1.165, 1.54) is 5.56 Å². The fraction of sp³-hybridized carbons (Fsp3) is 0.500. The van der Waals surface area contributed by atoms with Gasteiger partial charge in [-0.1, -0.05) is 29.8 Å². The molecule has 0 spiro atoms. The molecule has 19 heavy (non-hydrogen) atoms. The average molecular weight is 327 g/mol. The molecule has 2 rings (SSSR count). The van der Waals surface area contributed by atoms with Gasteiger partial charge in [-0.15, -0.1) is 0 Å². The van der Waals surface area contributed by atoms with Gasteiger partial charge >= 0.3 is 0 Å². The quantitative estimate of drug-likeness (QED) is 0.867. The summed E-state index contributed by atoms with van der Waals surface area (Å²) in [5.41, 5.74) is 6.57. The summed E-state index contributed by atoms with van der Waals surface area (Å²) in [6.45, 7) is 4.58. The third-order valence-corrected chi connectivity index (χ3v) is 3.80. The largest absolute Gasteiger partial charge is 0.488 e. The van der Waals surface area contributed by atoms with Crippen molar-refractivity contribution < 1.29 is 9.53 Å². The molecule has 2 unspecified atom stereocenters. The highest BCUT2D eigenvalue weighted by Crippen LogP contribution is 2.30. The Kier molecular flexibility index (Phi) is 4.47. The number of carbonyl (C=O) groups is 1. The number of hydrogen-bond acceptors (Lipinski definition) is 3. The van der Waals surface area contributed by atoms with Gasteiger partial charge < -0.3 is 15.8 Å². The number of fused-ring (bicyclic) bond motifs is 1. The van der Waals surface area contributed by atoms with Gasteiger partial charge in [-0.25, -0.2) is 0 Å². The fourth-order valence-electron chi connectivity index (χ4n) is 2.33. The third kappa shape index (κ3) is 3.48. The van der Waals surface area contributed by atoms with E-state index in [9.17, 15) is 4.79 Å². The summed E-state index contributed by atoms with van der Waals surface area (Å²) < 4.78 is 6.89. The van der Waals surface area contributed by atoms with E-state index < -0.39 is 0 Å². The van der Waals surface area contributed by atoms with Crippen molar-refractivity contribution in [3.05, 3.63) is 28.2 Å². The summed E-state index contributed by atoms with van der Waals surface area (Å²) in [4.78, 5) is 11.3. The zero-order chi connectivity index (χ0) is 14.0. The molecule has 0 saturated heterocycles. The maximum atomic E-state index is 11.3. The van der Waals surface area contributed by atoms with E-state index in [0.717, 1.165) is 16.6 Å². The first-order chi connectivity index (χ1) is 8.97. The Balaban J connectivity index is 1.92. The first kappa shape index (κ1) is 14.3. The number of rotatable bonds is 5. The van der Waals surface area contributed by atoms with Crippen LogP contribution < -0.4 is 15.8 Å². The van der Waals surface area contributed by atoms with Crippen LogP contribution in [0, 0.1) is 5.92 Å². The number of ether oxygens (including phenoxy) is 1. The number of amides is 1. The maximum Gasteiger partial charge on any atom is 0.234 e. The van der Waals surface area contributed by atoms with Gasteiger partial charge in [0.1, 0.15) is 11.9 Å². The van der Waals surface area contributed by atoms with E-state index in [2.05, 4.69) is 27.3 Å². The van der Waals surface area contributed by atoms with E-state index >= 15 is 0 Å². The topological polar surface area (TPSA) is 64.3 Å². The molecule has 1 aliphatic heterocycles. The maximum absolute atomic E-state index is 11.3. The van der Waals surface area contributed by atoms with Crippen LogP contribution in [-0.4, -0.2) is 24.6 Å². The molecule has 1 aliphatic rings. The van der Waals surface area contributed by atoms with Gasteiger partial charge in [-0.2, -0.15) is 0 Å². The lowest BCUT2D eigenvalue weighted by Crippen LogP contribution is -2.48. The SMILES string of the molecule is CC(C)C(NCC1Cc2cc(Br)ccc2O1)C(N)=O. The second-order valence-electron chi connectivity index (χ2n) is 5.23. The Labute approximate surface area is 121 Å². The van der Waals surface area contributed by atoms with Crippen molar-refractivity contribution in [1.82, 2.24) is 5.32 Å². The van der Waals surface area contributed by atoms with Crippen molar-refractivity contribution in [1.29, 1.82) is 0 Å². The zero-order valence-corrected chi connectivity index (χ0v) is 12.7. The third-order valence-electron chi connectivity index (χ3n) is 3.30. The minimum atomic E-state index is -0.312. The highest BCUT2D eigenvalue weighted by molar-refractivity contribution is 9.10. The van der Waals surface area contributed by atoms with E-state index in [1.54, 1.807) is 0 Å². The van der Waals surface area contributed by atoms with Crippen LogP contribution in [0.4, 0.5) is 0 Å². The van der Waals surface area contributed by atoms with Crippen molar-refractivity contribution >= 4 is 21.8 Å². The minimum Gasteiger partial charge on any atom is -0.488 e. The molecule has 1 heterocycles. The molecule has 0 aromatic heterocycles. The van der Waals surface area contributed by atoms with E-state index in [-0.39, 0.29) is 24.0 Å². The molecule has 0 radical (unpaired) electrons. The number of nitrogens with two attached hydrogens (primary N) is 1. The van der Waals surface area contributed by atoms with Crippen LogP contribution in [0.3, 0.4) is 0 Å². The van der Waals surface area contributed by atoms with Crippen molar-refractivity contribution in [3.8, 4) is 5.75 Å². The Hall–Kier alpha value is -1.07. The molecule has 1 amide bonds. The first-order valence-corrected chi connectivity index (χ1v) is 7.24. The van der Waals surface area contributed by atoms with Crippen LogP contribution in [0.15, 0.2) is 22.7 Å². The molecule has 0 fully saturated rings. The van der Waals surface area contributed by atoms with Crippen molar-refractivity contribution in [2.45, 2.75) is 32.4 Å². The predicted molar refractivity (Wildman–Crippen MR) is 78.1 cm³/mol. The van der Waals surface area contributed by atoms with Crippen LogP contribution in [0.2, 0.25) is 0 Å². The molecule has 1 aromatic carbocycles. The van der Waals surface area contributed by atoms with Crippen molar-refractivity contribution in [2.75, 3.05) is 6.54 Å². The van der Waals surface area contributed by atoms with E-state index in [0.29, 0.717) is 6.54 Å². The van der Waals surface area contributed by atoms with Crippen molar-refractivity contribution in [2.24, 2.45) is 11.7 Å². The summed E-state index contributed by atoms with van der Waals surface area (Å²) in [7, 11) is 0. The Bertz CT molecular complexity index is 477.